The molecule has 0 bridgehead atoms. The van der Waals surface area contributed by atoms with Crippen LogP contribution in [-0.4, -0.2) is 26.8 Å². The summed E-state index contributed by atoms with van der Waals surface area (Å²) in [6.07, 6.45) is -0.784. The molecule has 8 heteroatoms. The Morgan fingerprint density at radius 2 is 2.00 bits per heavy atom. The van der Waals surface area contributed by atoms with Crippen LogP contribution in [0.1, 0.15) is 36.8 Å². The number of hydrogen-bond donors (Lipinski definition) is 0. The summed E-state index contributed by atoms with van der Waals surface area (Å²) < 4.78 is 6.36. The van der Waals surface area contributed by atoms with Gasteiger partial charge in [-0.25, -0.2) is 0 Å². The predicted molar refractivity (Wildman–Crippen MR) is 119 cm³/mol. The van der Waals surface area contributed by atoms with E-state index in [1.165, 1.54) is 18.7 Å². The third-order valence-electron chi connectivity index (χ3n) is 4.82. The monoisotopic (exact) mass is 440 g/mol. The number of nitrogens with zero attached hydrogens (tertiary/aromatic N) is 4. The van der Waals surface area contributed by atoms with Crippen molar-refractivity contribution in [1.29, 1.82) is 0 Å². The summed E-state index contributed by atoms with van der Waals surface area (Å²) in [7, 11) is 0. The molecular formula is C22H21ClN4O2S. The molecule has 0 radical (unpaired) electrons. The molecule has 6 nitrogen and oxygen atoms in total. The highest BCUT2D eigenvalue weighted by atomic mass is 35.5. The van der Waals surface area contributed by atoms with Crippen LogP contribution in [0.25, 0.3) is 11.3 Å². The Morgan fingerprint density at radius 3 is 2.70 bits per heavy atom. The van der Waals surface area contributed by atoms with E-state index in [4.69, 9.17) is 16.3 Å². The molecule has 0 spiro atoms. The van der Waals surface area contributed by atoms with Crippen LogP contribution in [0.15, 0.2) is 41.6 Å². The highest BCUT2D eigenvalue weighted by molar-refractivity contribution is 7.99. The Bertz CT molecular complexity index is 1140. The van der Waals surface area contributed by atoms with E-state index in [0.717, 1.165) is 28.1 Å². The lowest BCUT2D eigenvalue weighted by Crippen LogP contribution is -2.36. The number of ether oxygens (including phenoxy) is 1. The van der Waals surface area contributed by atoms with Crippen LogP contribution in [0.2, 0.25) is 5.02 Å². The van der Waals surface area contributed by atoms with Crippen LogP contribution in [0.4, 0.5) is 5.69 Å². The van der Waals surface area contributed by atoms with Gasteiger partial charge in [0.1, 0.15) is 0 Å². The van der Waals surface area contributed by atoms with Crippen molar-refractivity contribution in [2.24, 2.45) is 0 Å². The maximum Gasteiger partial charge on any atom is 0.247 e. The van der Waals surface area contributed by atoms with Gasteiger partial charge in [0.2, 0.25) is 23.2 Å². The first-order chi connectivity index (χ1) is 14.4. The SMILES string of the molecule is CCSc1nnc2c(n1)O[C@H](c1ccccc1Cl)N(C(C)=O)c1c(C)cc(C)cc1-2. The first-order valence-electron chi connectivity index (χ1n) is 9.60. The molecule has 3 aromatic rings. The molecule has 0 N–H and O–H groups in total. The fourth-order valence-corrected chi connectivity index (χ4v) is 4.41. The Hall–Kier alpha value is -2.64. The van der Waals surface area contributed by atoms with Gasteiger partial charge in [-0.3, -0.25) is 9.69 Å². The summed E-state index contributed by atoms with van der Waals surface area (Å²) in [6, 6.07) is 11.4. The number of anilines is 1. The second-order valence-electron chi connectivity index (χ2n) is 7.04. The fraction of sp³-hybridized carbons (Fsp3) is 0.273. The highest BCUT2D eigenvalue weighted by Crippen LogP contribution is 2.46. The highest BCUT2D eigenvalue weighted by Gasteiger charge is 2.36. The van der Waals surface area contributed by atoms with Crippen molar-refractivity contribution in [2.45, 2.75) is 39.1 Å². The number of hydrogen-bond acceptors (Lipinski definition) is 6. The molecule has 1 aliphatic heterocycles. The Morgan fingerprint density at radius 1 is 1.23 bits per heavy atom. The van der Waals surface area contributed by atoms with Gasteiger partial charge in [-0.2, -0.15) is 4.98 Å². The van der Waals surface area contributed by atoms with Gasteiger partial charge in [0.15, 0.2) is 5.69 Å². The molecule has 0 unspecified atom stereocenters. The van der Waals surface area contributed by atoms with Crippen molar-refractivity contribution in [3.8, 4) is 17.1 Å². The zero-order valence-corrected chi connectivity index (χ0v) is 18.7. The van der Waals surface area contributed by atoms with Crippen molar-refractivity contribution in [1.82, 2.24) is 15.2 Å². The third kappa shape index (κ3) is 3.63. The van der Waals surface area contributed by atoms with Gasteiger partial charge in [0, 0.05) is 23.1 Å². The number of amides is 1. The van der Waals surface area contributed by atoms with Crippen LogP contribution in [-0.2, 0) is 4.79 Å². The minimum Gasteiger partial charge on any atom is -0.447 e. The Kier molecular flexibility index (Phi) is 5.66. The number of fused-ring (bicyclic) bond motifs is 3. The molecule has 1 amide bonds. The molecule has 1 aromatic heterocycles. The van der Waals surface area contributed by atoms with Crippen molar-refractivity contribution < 1.29 is 9.53 Å². The lowest BCUT2D eigenvalue weighted by molar-refractivity contribution is -0.118. The molecule has 154 valence electrons. The summed E-state index contributed by atoms with van der Waals surface area (Å²) >= 11 is 7.99. The standard InChI is InChI=1S/C22H21ClN4O2S/c1-5-30-22-24-20-18(25-26-22)16-11-12(2)10-13(3)19(16)27(14(4)28)21(29-20)15-8-6-7-9-17(15)23/h6-11,21H,5H2,1-4H3/t21-/m1/s1. The van der Waals surface area contributed by atoms with E-state index in [1.54, 1.807) is 11.0 Å². The van der Waals surface area contributed by atoms with E-state index in [1.807, 2.05) is 51.1 Å². The number of carbonyl (C=O) groups excluding carboxylic acids is 1. The fourth-order valence-electron chi connectivity index (χ4n) is 3.68. The molecule has 0 fully saturated rings. The van der Waals surface area contributed by atoms with Gasteiger partial charge in [0.25, 0.3) is 0 Å². The van der Waals surface area contributed by atoms with E-state index < -0.39 is 6.23 Å². The molecule has 2 heterocycles. The molecule has 1 aliphatic rings. The minimum atomic E-state index is -0.784. The van der Waals surface area contributed by atoms with Gasteiger partial charge in [-0.05, 0) is 37.3 Å². The van der Waals surface area contributed by atoms with Gasteiger partial charge < -0.3 is 4.74 Å². The van der Waals surface area contributed by atoms with Crippen molar-refractivity contribution in [3.63, 3.8) is 0 Å². The summed E-state index contributed by atoms with van der Waals surface area (Å²) in [4.78, 5) is 19.1. The number of aryl methyl sites for hydroxylation is 2. The Labute approximate surface area is 184 Å². The van der Waals surface area contributed by atoms with Gasteiger partial charge in [-0.15, -0.1) is 10.2 Å². The second-order valence-corrected chi connectivity index (χ2v) is 8.68. The number of rotatable bonds is 3. The van der Waals surface area contributed by atoms with E-state index in [2.05, 4.69) is 15.2 Å². The number of thioether (sulfide) groups is 1. The zero-order chi connectivity index (χ0) is 21.4. The molecule has 1 atom stereocenters. The van der Waals surface area contributed by atoms with Crippen LogP contribution in [0.3, 0.4) is 0 Å². The summed E-state index contributed by atoms with van der Waals surface area (Å²) in [6.45, 7) is 7.51. The zero-order valence-electron chi connectivity index (χ0n) is 17.1. The number of carbonyl (C=O) groups is 1. The van der Waals surface area contributed by atoms with E-state index in [9.17, 15) is 4.79 Å². The molecular weight excluding hydrogens is 420 g/mol. The summed E-state index contributed by atoms with van der Waals surface area (Å²) in [5, 5.41) is 9.73. The number of aromatic nitrogens is 3. The maximum absolute atomic E-state index is 12.9. The number of halogens is 1. The average molecular weight is 441 g/mol. The predicted octanol–water partition coefficient (Wildman–Crippen LogP) is 5.36. The van der Waals surface area contributed by atoms with Crippen molar-refractivity contribution in [2.75, 3.05) is 10.7 Å². The lowest BCUT2D eigenvalue weighted by Gasteiger charge is -2.31. The molecule has 0 saturated carbocycles. The van der Waals surface area contributed by atoms with E-state index >= 15 is 0 Å². The minimum absolute atomic E-state index is 0.169. The van der Waals surface area contributed by atoms with E-state index in [0.29, 0.717) is 27.3 Å². The second kappa shape index (κ2) is 8.24. The van der Waals surface area contributed by atoms with Crippen LogP contribution in [0.5, 0.6) is 5.88 Å². The van der Waals surface area contributed by atoms with Gasteiger partial charge in [-0.1, -0.05) is 60.1 Å². The number of benzene rings is 2. The molecule has 4 rings (SSSR count). The van der Waals surface area contributed by atoms with Crippen molar-refractivity contribution in [3.05, 3.63) is 58.1 Å². The van der Waals surface area contributed by atoms with Crippen LogP contribution >= 0.6 is 23.4 Å². The maximum atomic E-state index is 12.9. The lowest BCUT2D eigenvalue weighted by atomic mass is 10.00. The average Bonchev–Trinajstić information content (AvgIpc) is 2.83. The molecule has 30 heavy (non-hydrogen) atoms. The van der Waals surface area contributed by atoms with Crippen LogP contribution in [0, 0.1) is 13.8 Å². The smallest absolute Gasteiger partial charge is 0.247 e. The van der Waals surface area contributed by atoms with E-state index in [-0.39, 0.29) is 5.91 Å². The molecule has 2 aromatic carbocycles. The summed E-state index contributed by atoms with van der Waals surface area (Å²) in [5.41, 5.74) is 4.66. The van der Waals surface area contributed by atoms with Gasteiger partial charge >= 0.3 is 0 Å². The Balaban J connectivity index is 2.04. The van der Waals surface area contributed by atoms with Crippen molar-refractivity contribution >= 4 is 35.0 Å². The molecule has 0 aliphatic carbocycles. The first kappa shape index (κ1) is 20.6. The quantitative estimate of drug-likeness (QED) is 0.510. The first-order valence-corrected chi connectivity index (χ1v) is 11.0. The largest absolute Gasteiger partial charge is 0.447 e. The topological polar surface area (TPSA) is 68.2 Å². The molecule has 0 saturated heterocycles. The van der Waals surface area contributed by atoms with Gasteiger partial charge in [0.05, 0.1) is 5.69 Å². The normalized spacial score (nSPS) is 15.1. The summed E-state index contributed by atoms with van der Waals surface area (Å²) in [5.74, 6) is 0.973. The third-order valence-corrected chi connectivity index (χ3v) is 5.88. The van der Waals surface area contributed by atoms with Crippen LogP contribution < -0.4 is 9.64 Å².